The van der Waals surface area contributed by atoms with Crippen LogP contribution in [0.3, 0.4) is 0 Å². The molecule has 0 aromatic heterocycles. The van der Waals surface area contributed by atoms with Crippen molar-refractivity contribution >= 4 is 27.9 Å². The van der Waals surface area contributed by atoms with Crippen LogP contribution in [-0.4, -0.2) is 25.2 Å². The molecule has 5 heteroatoms. The van der Waals surface area contributed by atoms with E-state index >= 15 is 0 Å². The zero-order chi connectivity index (χ0) is 11.7. The molecule has 84 valence electrons. The first-order valence-electron chi connectivity index (χ1n) is 4.69. The molecule has 1 aliphatic rings. The fourth-order valence-electron chi connectivity index (χ4n) is 1.61. The van der Waals surface area contributed by atoms with Crippen LogP contribution in [0.5, 0.6) is 0 Å². The standard InChI is InChI=1S/C11H9BrO4/c1-15-11(14)9-4-6-2-3-7(12)5-8(6)10(13)16-9/h2-3,5,9H,4H2,1H3/t9-/m0/s1. The molecule has 0 radical (unpaired) electrons. The summed E-state index contributed by atoms with van der Waals surface area (Å²) in [5.74, 6) is -1.01. The summed E-state index contributed by atoms with van der Waals surface area (Å²) < 4.78 is 10.3. The minimum atomic E-state index is -0.828. The van der Waals surface area contributed by atoms with Crippen LogP contribution >= 0.6 is 15.9 Å². The van der Waals surface area contributed by atoms with Crippen molar-refractivity contribution in [2.24, 2.45) is 0 Å². The molecule has 0 bridgehead atoms. The predicted molar refractivity (Wildman–Crippen MR) is 59.1 cm³/mol. The van der Waals surface area contributed by atoms with E-state index in [1.807, 2.05) is 6.07 Å². The molecule has 0 N–H and O–H groups in total. The van der Waals surface area contributed by atoms with Gasteiger partial charge in [0.05, 0.1) is 12.7 Å². The molecule has 0 saturated heterocycles. The summed E-state index contributed by atoms with van der Waals surface area (Å²) in [6.45, 7) is 0. The van der Waals surface area contributed by atoms with Crippen LogP contribution in [0.2, 0.25) is 0 Å². The Morgan fingerprint density at radius 1 is 1.56 bits per heavy atom. The van der Waals surface area contributed by atoms with Gasteiger partial charge in [-0.15, -0.1) is 0 Å². The van der Waals surface area contributed by atoms with E-state index in [9.17, 15) is 9.59 Å². The van der Waals surface area contributed by atoms with E-state index in [2.05, 4.69) is 20.7 Å². The van der Waals surface area contributed by atoms with Crippen molar-refractivity contribution in [3.63, 3.8) is 0 Å². The molecule has 0 saturated carbocycles. The molecule has 0 fully saturated rings. The average molecular weight is 285 g/mol. The maximum Gasteiger partial charge on any atom is 0.347 e. The van der Waals surface area contributed by atoms with Gasteiger partial charge in [-0.2, -0.15) is 0 Å². The molecule has 0 amide bonds. The summed E-state index contributed by atoms with van der Waals surface area (Å²) in [6.07, 6.45) is -0.465. The van der Waals surface area contributed by atoms with Gasteiger partial charge in [0.2, 0.25) is 6.10 Å². The molecule has 4 nitrogen and oxygen atoms in total. The van der Waals surface area contributed by atoms with Crippen LogP contribution in [0, 0.1) is 0 Å². The van der Waals surface area contributed by atoms with Crippen LogP contribution in [0.1, 0.15) is 15.9 Å². The van der Waals surface area contributed by atoms with Crippen molar-refractivity contribution in [2.75, 3.05) is 7.11 Å². The average Bonchev–Trinajstić information content (AvgIpc) is 2.28. The third kappa shape index (κ3) is 1.95. The monoisotopic (exact) mass is 284 g/mol. The quantitative estimate of drug-likeness (QED) is 0.737. The van der Waals surface area contributed by atoms with Crippen molar-refractivity contribution in [3.8, 4) is 0 Å². The van der Waals surface area contributed by atoms with Crippen LogP contribution in [0.25, 0.3) is 0 Å². The molecular weight excluding hydrogens is 276 g/mol. The number of carbonyl (C=O) groups is 2. The fourth-order valence-corrected chi connectivity index (χ4v) is 1.97. The van der Waals surface area contributed by atoms with Crippen molar-refractivity contribution in [1.82, 2.24) is 0 Å². The van der Waals surface area contributed by atoms with Gasteiger partial charge in [0.15, 0.2) is 0 Å². The highest BCUT2D eigenvalue weighted by Gasteiger charge is 2.31. The van der Waals surface area contributed by atoms with Gasteiger partial charge in [-0.3, -0.25) is 0 Å². The number of halogens is 1. The van der Waals surface area contributed by atoms with Crippen LogP contribution in [0.15, 0.2) is 22.7 Å². The van der Waals surface area contributed by atoms with Crippen molar-refractivity contribution in [3.05, 3.63) is 33.8 Å². The lowest BCUT2D eigenvalue weighted by Crippen LogP contribution is -2.35. The van der Waals surface area contributed by atoms with Crippen molar-refractivity contribution < 1.29 is 19.1 Å². The van der Waals surface area contributed by atoms with Gasteiger partial charge >= 0.3 is 11.9 Å². The number of hydrogen-bond donors (Lipinski definition) is 0. The molecule has 1 aromatic rings. The topological polar surface area (TPSA) is 52.6 Å². The molecule has 0 spiro atoms. The highest BCUT2D eigenvalue weighted by atomic mass is 79.9. The lowest BCUT2D eigenvalue weighted by molar-refractivity contribution is -0.151. The Hall–Kier alpha value is -1.36. The van der Waals surface area contributed by atoms with E-state index in [-0.39, 0.29) is 0 Å². The van der Waals surface area contributed by atoms with Gasteiger partial charge < -0.3 is 9.47 Å². The van der Waals surface area contributed by atoms with Crippen LogP contribution < -0.4 is 0 Å². The lowest BCUT2D eigenvalue weighted by Gasteiger charge is -2.22. The number of benzene rings is 1. The fraction of sp³-hybridized carbons (Fsp3) is 0.273. The molecule has 0 aliphatic carbocycles. The van der Waals surface area contributed by atoms with E-state index < -0.39 is 18.0 Å². The summed E-state index contributed by atoms with van der Waals surface area (Å²) in [5.41, 5.74) is 1.30. The number of fused-ring (bicyclic) bond motifs is 1. The SMILES string of the molecule is COC(=O)[C@@H]1Cc2ccc(Br)cc2C(=O)O1. The molecule has 1 atom stereocenters. The first kappa shape index (κ1) is 11.1. The van der Waals surface area contributed by atoms with Crippen molar-refractivity contribution in [2.45, 2.75) is 12.5 Å². The number of carbonyl (C=O) groups excluding carboxylic acids is 2. The molecular formula is C11H9BrO4. The molecule has 2 rings (SSSR count). The largest absolute Gasteiger partial charge is 0.466 e. The summed E-state index contributed by atoms with van der Waals surface area (Å²) in [4.78, 5) is 22.9. The first-order valence-corrected chi connectivity index (χ1v) is 5.48. The molecule has 1 heterocycles. The molecule has 1 aliphatic heterocycles. The second-order valence-corrected chi connectivity index (χ2v) is 4.34. The zero-order valence-electron chi connectivity index (χ0n) is 8.53. The van der Waals surface area contributed by atoms with E-state index in [0.29, 0.717) is 12.0 Å². The van der Waals surface area contributed by atoms with Gasteiger partial charge in [-0.25, -0.2) is 9.59 Å². The van der Waals surface area contributed by atoms with E-state index in [1.165, 1.54) is 7.11 Å². The number of ether oxygens (including phenoxy) is 2. The van der Waals surface area contributed by atoms with Crippen LogP contribution in [0.4, 0.5) is 0 Å². The smallest absolute Gasteiger partial charge is 0.347 e. The van der Waals surface area contributed by atoms with E-state index in [0.717, 1.165) is 10.0 Å². The Morgan fingerprint density at radius 3 is 3.00 bits per heavy atom. The highest BCUT2D eigenvalue weighted by Crippen LogP contribution is 2.24. The Labute approximate surface area is 101 Å². The maximum absolute atomic E-state index is 11.6. The third-order valence-electron chi connectivity index (χ3n) is 2.41. The first-order chi connectivity index (χ1) is 7.61. The second kappa shape index (κ2) is 4.25. The summed E-state index contributed by atoms with van der Waals surface area (Å²) in [5, 5.41) is 0. The Bertz CT molecular complexity index is 455. The van der Waals surface area contributed by atoms with Gasteiger partial charge in [0.25, 0.3) is 0 Å². The minimum absolute atomic E-state index is 0.362. The maximum atomic E-state index is 11.6. The number of methoxy groups -OCH3 is 1. The lowest BCUT2D eigenvalue weighted by atomic mass is 9.99. The summed E-state index contributed by atoms with van der Waals surface area (Å²) in [7, 11) is 1.27. The second-order valence-electron chi connectivity index (χ2n) is 3.42. The molecule has 16 heavy (non-hydrogen) atoms. The zero-order valence-corrected chi connectivity index (χ0v) is 10.1. The Balaban J connectivity index is 2.33. The van der Waals surface area contributed by atoms with Gasteiger partial charge in [0, 0.05) is 10.9 Å². The summed E-state index contributed by atoms with van der Waals surface area (Å²) in [6, 6.07) is 5.31. The summed E-state index contributed by atoms with van der Waals surface area (Å²) >= 11 is 3.28. The van der Waals surface area contributed by atoms with Gasteiger partial charge in [-0.05, 0) is 17.7 Å². The highest BCUT2D eigenvalue weighted by molar-refractivity contribution is 9.10. The van der Waals surface area contributed by atoms with Crippen LogP contribution in [-0.2, 0) is 20.7 Å². The minimum Gasteiger partial charge on any atom is -0.466 e. The third-order valence-corrected chi connectivity index (χ3v) is 2.90. The van der Waals surface area contributed by atoms with E-state index in [4.69, 9.17) is 4.74 Å². The Morgan fingerprint density at radius 2 is 2.31 bits per heavy atom. The predicted octanol–water partition coefficient (Wildman–Crippen LogP) is 1.70. The number of cyclic esters (lactones) is 1. The van der Waals surface area contributed by atoms with Gasteiger partial charge in [0.1, 0.15) is 0 Å². The number of rotatable bonds is 1. The number of hydrogen-bond acceptors (Lipinski definition) is 4. The van der Waals surface area contributed by atoms with E-state index in [1.54, 1.807) is 12.1 Å². The Kier molecular flexibility index (Phi) is 2.96. The van der Waals surface area contributed by atoms with Gasteiger partial charge in [-0.1, -0.05) is 22.0 Å². The normalized spacial score (nSPS) is 18.6. The number of esters is 2. The van der Waals surface area contributed by atoms with Crippen molar-refractivity contribution in [1.29, 1.82) is 0 Å². The molecule has 1 aromatic carbocycles. The molecule has 0 unspecified atom stereocenters.